The summed E-state index contributed by atoms with van der Waals surface area (Å²) in [7, 11) is 0. The van der Waals surface area contributed by atoms with E-state index in [0.29, 0.717) is 17.9 Å². The maximum atomic E-state index is 11.7. The molecule has 2 fully saturated rings. The molecule has 1 saturated carbocycles. The average molecular weight is 294 g/mol. The fourth-order valence-corrected chi connectivity index (χ4v) is 2.42. The number of hydrogen-bond donors (Lipinski definition) is 1. The van der Waals surface area contributed by atoms with Gasteiger partial charge >= 0.3 is 0 Å². The average Bonchev–Trinajstić information content (AvgIpc) is 3.00. The second-order valence-electron chi connectivity index (χ2n) is 3.98. The maximum Gasteiger partial charge on any atom is 0.225 e. The Morgan fingerprint density at radius 3 is 2.31 bits per heavy atom. The molecule has 1 amide bonds. The minimum absolute atomic E-state index is 0.393. The molecule has 0 aromatic rings. The van der Waals surface area contributed by atoms with E-state index in [1.165, 1.54) is 0 Å². The van der Waals surface area contributed by atoms with Gasteiger partial charge in [-0.2, -0.15) is 0 Å². The summed E-state index contributed by atoms with van der Waals surface area (Å²) in [5, 5.41) is 0. The first-order valence-electron chi connectivity index (χ1n) is 4.96. The molecule has 0 bridgehead atoms. The third kappa shape index (κ3) is 2.34. The van der Waals surface area contributed by atoms with Gasteiger partial charge < -0.3 is 4.90 Å². The SMILES string of the molecule is O=C(C1CC1)N1CCC(NI)CC1. The largest absolute Gasteiger partial charge is 0.342 e. The molecule has 0 atom stereocenters. The van der Waals surface area contributed by atoms with Crippen molar-refractivity contribution in [2.24, 2.45) is 5.92 Å². The second-order valence-corrected chi connectivity index (χ2v) is 4.61. The van der Waals surface area contributed by atoms with E-state index in [2.05, 4.69) is 26.4 Å². The van der Waals surface area contributed by atoms with Crippen molar-refractivity contribution in [1.29, 1.82) is 0 Å². The predicted molar refractivity (Wildman–Crippen MR) is 59.5 cm³/mol. The van der Waals surface area contributed by atoms with Crippen LogP contribution in [0.25, 0.3) is 0 Å². The molecule has 0 unspecified atom stereocenters. The molecule has 0 aromatic heterocycles. The van der Waals surface area contributed by atoms with Gasteiger partial charge in [-0.15, -0.1) is 0 Å². The Morgan fingerprint density at radius 1 is 1.23 bits per heavy atom. The molecule has 2 rings (SSSR count). The molecule has 2 aliphatic rings. The highest BCUT2D eigenvalue weighted by Crippen LogP contribution is 2.31. The number of piperidine rings is 1. The smallest absolute Gasteiger partial charge is 0.225 e. The summed E-state index contributed by atoms with van der Waals surface area (Å²) in [6.07, 6.45) is 4.48. The molecule has 0 aromatic carbocycles. The Balaban J connectivity index is 1.79. The molecule has 1 N–H and O–H groups in total. The number of carbonyl (C=O) groups excluding carboxylic acids is 1. The summed E-state index contributed by atoms with van der Waals surface area (Å²) in [6.45, 7) is 1.91. The predicted octanol–water partition coefficient (Wildman–Crippen LogP) is 1.33. The lowest BCUT2D eigenvalue weighted by atomic mass is 10.1. The Bertz CT molecular complexity index is 198. The fraction of sp³-hybridized carbons (Fsp3) is 0.889. The van der Waals surface area contributed by atoms with Crippen molar-refractivity contribution in [2.75, 3.05) is 13.1 Å². The zero-order chi connectivity index (χ0) is 9.26. The van der Waals surface area contributed by atoms with Crippen LogP contribution in [-0.4, -0.2) is 29.9 Å². The van der Waals surface area contributed by atoms with E-state index in [-0.39, 0.29) is 0 Å². The topological polar surface area (TPSA) is 32.3 Å². The summed E-state index contributed by atoms with van der Waals surface area (Å²) in [4.78, 5) is 13.7. The van der Waals surface area contributed by atoms with Crippen molar-refractivity contribution in [1.82, 2.24) is 8.43 Å². The van der Waals surface area contributed by atoms with Crippen LogP contribution in [0.15, 0.2) is 0 Å². The van der Waals surface area contributed by atoms with Gasteiger partial charge in [0.1, 0.15) is 0 Å². The number of hydrogen-bond acceptors (Lipinski definition) is 2. The summed E-state index contributed by atoms with van der Waals surface area (Å²) in [6, 6.07) is 0.615. The number of rotatable bonds is 2. The summed E-state index contributed by atoms with van der Waals surface area (Å²) in [5.41, 5.74) is 0. The van der Waals surface area contributed by atoms with Gasteiger partial charge in [-0.1, -0.05) is 0 Å². The Kier molecular flexibility index (Phi) is 3.08. The Morgan fingerprint density at radius 2 is 1.85 bits per heavy atom. The lowest BCUT2D eigenvalue weighted by Crippen LogP contribution is -2.43. The van der Waals surface area contributed by atoms with Crippen LogP contribution in [0, 0.1) is 5.92 Å². The van der Waals surface area contributed by atoms with Crippen LogP contribution in [0.2, 0.25) is 0 Å². The van der Waals surface area contributed by atoms with Crippen LogP contribution < -0.4 is 3.53 Å². The van der Waals surface area contributed by atoms with E-state index in [9.17, 15) is 4.79 Å². The Hall–Kier alpha value is 0.160. The van der Waals surface area contributed by atoms with Crippen LogP contribution >= 0.6 is 22.9 Å². The van der Waals surface area contributed by atoms with Gasteiger partial charge in [0.15, 0.2) is 0 Å². The van der Waals surface area contributed by atoms with Crippen molar-refractivity contribution in [2.45, 2.75) is 31.7 Å². The van der Waals surface area contributed by atoms with Crippen molar-refractivity contribution in [3.05, 3.63) is 0 Å². The van der Waals surface area contributed by atoms with Gasteiger partial charge in [-0.05, 0) is 25.7 Å². The lowest BCUT2D eigenvalue weighted by Gasteiger charge is -2.31. The third-order valence-electron chi connectivity index (χ3n) is 2.89. The first kappa shape index (κ1) is 9.71. The molecule has 0 radical (unpaired) electrons. The van der Waals surface area contributed by atoms with Crippen LogP contribution in [0.3, 0.4) is 0 Å². The summed E-state index contributed by atoms with van der Waals surface area (Å²) < 4.78 is 3.24. The zero-order valence-electron chi connectivity index (χ0n) is 7.63. The standard InChI is InChI=1S/C9H15IN2O/c10-11-8-3-5-12(6-4-8)9(13)7-1-2-7/h7-8,11H,1-6H2. The molecular formula is C9H15IN2O. The van der Waals surface area contributed by atoms with Crippen LogP contribution in [0.5, 0.6) is 0 Å². The third-order valence-corrected chi connectivity index (χ3v) is 3.77. The molecule has 1 aliphatic carbocycles. The van der Waals surface area contributed by atoms with E-state index in [1.54, 1.807) is 0 Å². The van der Waals surface area contributed by atoms with E-state index < -0.39 is 0 Å². The van der Waals surface area contributed by atoms with Gasteiger partial charge in [-0.3, -0.25) is 8.32 Å². The summed E-state index contributed by atoms with van der Waals surface area (Å²) in [5.74, 6) is 0.802. The molecule has 3 nitrogen and oxygen atoms in total. The first-order valence-corrected chi connectivity index (χ1v) is 6.04. The van der Waals surface area contributed by atoms with Gasteiger partial charge in [0.05, 0.1) is 0 Å². The van der Waals surface area contributed by atoms with Gasteiger partial charge in [-0.25, -0.2) is 0 Å². The molecule has 74 valence electrons. The minimum Gasteiger partial charge on any atom is -0.342 e. The van der Waals surface area contributed by atoms with E-state index in [0.717, 1.165) is 38.8 Å². The highest BCUT2D eigenvalue weighted by molar-refractivity contribution is 14.1. The molecular weight excluding hydrogens is 279 g/mol. The molecule has 4 heteroatoms. The number of carbonyl (C=O) groups is 1. The zero-order valence-corrected chi connectivity index (χ0v) is 9.79. The number of nitrogens with zero attached hydrogens (tertiary/aromatic N) is 1. The quantitative estimate of drug-likeness (QED) is 0.615. The van der Waals surface area contributed by atoms with E-state index in [4.69, 9.17) is 0 Å². The molecule has 1 heterocycles. The van der Waals surface area contributed by atoms with Gasteiger partial charge in [0.25, 0.3) is 0 Å². The second kappa shape index (κ2) is 4.13. The van der Waals surface area contributed by atoms with Gasteiger partial charge in [0.2, 0.25) is 5.91 Å². The van der Waals surface area contributed by atoms with Crippen LogP contribution in [0.4, 0.5) is 0 Å². The Labute approximate surface area is 92.7 Å². The van der Waals surface area contributed by atoms with E-state index in [1.807, 2.05) is 4.90 Å². The summed E-state index contributed by atoms with van der Waals surface area (Å²) >= 11 is 2.20. The molecule has 13 heavy (non-hydrogen) atoms. The maximum absolute atomic E-state index is 11.7. The van der Waals surface area contributed by atoms with Crippen molar-refractivity contribution in [3.63, 3.8) is 0 Å². The van der Waals surface area contributed by atoms with E-state index >= 15 is 0 Å². The van der Waals surface area contributed by atoms with Crippen molar-refractivity contribution in [3.8, 4) is 0 Å². The number of halogens is 1. The number of likely N-dealkylation sites (tertiary alicyclic amines) is 1. The molecule has 0 spiro atoms. The highest BCUT2D eigenvalue weighted by Gasteiger charge is 2.34. The van der Waals surface area contributed by atoms with Gasteiger partial charge in [0, 0.05) is 47.9 Å². The lowest BCUT2D eigenvalue weighted by molar-refractivity contribution is -0.133. The number of nitrogens with one attached hydrogen (secondary N) is 1. The van der Waals surface area contributed by atoms with Crippen LogP contribution in [0.1, 0.15) is 25.7 Å². The molecule has 1 saturated heterocycles. The minimum atomic E-state index is 0.393. The van der Waals surface area contributed by atoms with Crippen molar-refractivity contribution >= 4 is 28.8 Å². The first-order chi connectivity index (χ1) is 6.31. The van der Waals surface area contributed by atoms with Crippen molar-refractivity contribution < 1.29 is 4.79 Å². The fourth-order valence-electron chi connectivity index (χ4n) is 1.80. The van der Waals surface area contributed by atoms with Crippen LogP contribution in [-0.2, 0) is 4.79 Å². The molecule has 1 aliphatic heterocycles. The number of amides is 1. The highest BCUT2D eigenvalue weighted by atomic mass is 127. The normalized spacial score (nSPS) is 24.8. The monoisotopic (exact) mass is 294 g/mol.